The number of nitrogens with one attached hydrogen (secondary N) is 1. The topological polar surface area (TPSA) is 34.4 Å². The summed E-state index contributed by atoms with van der Waals surface area (Å²) in [5.74, 6) is 1.96. The van der Waals surface area contributed by atoms with Crippen LogP contribution >= 0.6 is 0 Å². The normalized spacial score (nSPS) is 12.8. The Morgan fingerprint density at radius 2 is 2.11 bits per heavy atom. The summed E-state index contributed by atoms with van der Waals surface area (Å²) in [7, 11) is 1.92. The van der Waals surface area contributed by atoms with E-state index in [0.29, 0.717) is 12.7 Å². The number of rotatable bonds is 10. The van der Waals surface area contributed by atoms with E-state index in [-0.39, 0.29) is 0 Å². The summed E-state index contributed by atoms with van der Waals surface area (Å²) in [6.07, 6.45) is 6.70. The molecule has 0 amide bonds. The van der Waals surface area contributed by atoms with Gasteiger partial charge in [0.1, 0.15) is 11.5 Å². The Morgan fingerprint density at radius 1 is 1.32 bits per heavy atom. The van der Waals surface area contributed by atoms with Crippen LogP contribution in [0.2, 0.25) is 0 Å². The van der Waals surface area contributed by atoms with Crippen LogP contribution in [-0.4, -0.2) is 13.2 Å². The molecule has 19 heavy (non-hydrogen) atoms. The Hall–Kier alpha value is -0.800. The number of unbranched alkanes of at least 4 members (excludes halogenated alkanes) is 3. The lowest BCUT2D eigenvalue weighted by Crippen LogP contribution is -2.08. The van der Waals surface area contributed by atoms with Crippen LogP contribution in [0.5, 0.6) is 0 Å². The maximum absolute atomic E-state index is 5.90. The lowest BCUT2D eigenvalue weighted by molar-refractivity contribution is 0.0453. The fraction of sp³-hybridized carbons (Fsp3) is 0.750. The zero-order valence-corrected chi connectivity index (χ0v) is 12.9. The first-order valence-electron chi connectivity index (χ1n) is 7.51. The van der Waals surface area contributed by atoms with E-state index in [4.69, 9.17) is 9.15 Å². The molecule has 1 aromatic rings. The largest absolute Gasteiger partial charge is 0.465 e. The summed E-state index contributed by atoms with van der Waals surface area (Å²) >= 11 is 0. The SMILES string of the molecule is CCCCCCC(C)OCc1cc(CNC)oc1C. The predicted octanol–water partition coefficient (Wildman–Crippen LogP) is 4.18. The molecule has 0 spiro atoms. The zero-order chi connectivity index (χ0) is 14.1. The molecule has 0 aliphatic carbocycles. The van der Waals surface area contributed by atoms with Crippen LogP contribution in [-0.2, 0) is 17.9 Å². The van der Waals surface area contributed by atoms with Crippen molar-refractivity contribution in [1.82, 2.24) is 5.32 Å². The van der Waals surface area contributed by atoms with Crippen LogP contribution in [0.1, 0.15) is 63.0 Å². The molecular weight excluding hydrogens is 238 g/mol. The Kier molecular flexibility index (Phi) is 7.84. The Morgan fingerprint density at radius 3 is 2.79 bits per heavy atom. The van der Waals surface area contributed by atoms with E-state index in [1.165, 1.54) is 31.2 Å². The van der Waals surface area contributed by atoms with Gasteiger partial charge in [0.2, 0.25) is 0 Å². The second-order valence-corrected chi connectivity index (χ2v) is 5.30. The van der Waals surface area contributed by atoms with Gasteiger partial charge in [-0.2, -0.15) is 0 Å². The zero-order valence-electron chi connectivity index (χ0n) is 12.9. The Labute approximate surface area is 117 Å². The molecule has 3 nitrogen and oxygen atoms in total. The average Bonchev–Trinajstić information content (AvgIpc) is 2.73. The second kappa shape index (κ2) is 9.16. The fourth-order valence-electron chi connectivity index (χ4n) is 2.17. The molecule has 0 aromatic carbocycles. The first kappa shape index (κ1) is 16.3. The molecule has 1 aromatic heterocycles. The minimum absolute atomic E-state index is 0.332. The molecular formula is C16H29NO2. The standard InChI is InChI=1S/C16H29NO2/c1-5-6-7-8-9-13(2)18-12-15-10-16(11-17-4)19-14(15)3/h10,13,17H,5-9,11-12H2,1-4H3. The fourth-order valence-corrected chi connectivity index (χ4v) is 2.17. The van der Waals surface area contributed by atoms with Crippen LogP contribution < -0.4 is 5.32 Å². The highest BCUT2D eigenvalue weighted by Gasteiger charge is 2.09. The van der Waals surface area contributed by atoms with Crippen molar-refractivity contribution in [1.29, 1.82) is 0 Å². The average molecular weight is 267 g/mol. The van der Waals surface area contributed by atoms with E-state index >= 15 is 0 Å². The monoisotopic (exact) mass is 267 g/mol. The highest BCUT2D eigenvalue weighted by Crippen LogP contribution is 2.17. The highest BCUT2D eigenvalue weighted by atomic mass is 16.5. The first-order chi connectivity index (χ1) is 9.17. The van der Waals surface area contributed by atoms with Crippen molar-refractivity contribution in [2.75, 3.05) is 7.05 Å². The third kappa shape index (κ3) is 6.26. The lowest BCUT2D eigenvalue weighted by Gasteiger charge is -2.12. The summed E-state index contributed by atoms with van der Waals surface area (Å²) in [4.78, 5) is 0. The molecule has 1 N–H and O–H groups in total. The summed E-state index contributed by atoms with van der Waals surface area (Å²) in [6.45, 7) is 7.84. The summed E-state index contributed by atoms with van der Waals surface area (Å²) in [5, 5.41) is 3.09. The molecule has 1 unspecified atom stereocenters. The Bertz CT molecular complexity index is 347. The molecule has 0 bridgehead atoms. The quantitative estimate of drug-likeness (QED) is 0.646. The lowest BCUT2D eigenvalue weighted by atomic mass is 10.1. The molecule has 1 atom stereocenters. The maximum Gasteiger partial charge on any atom is 0.118 e. The molecule has 0 saturated carbocycles. The minimum Gasteiger partial charge on any atom is -0.465 e. The van der Waals surface area contributed by atoms with Crippen LogP contribution in [0.25, 0.3) is 0 Å². The van der Waals surface area contributed by atoms with E-state index < -0.39 is 0 Å². The van der Waals surface area contributed by atoms with Crippen molar-refractivity contribution >= 4 is 0 Å². The maximum atomic E-state index is 5.90. The number of hydrogen-bond acceptors (Lipinski definition) is 3. The van der Waals surface area contributed by atoms with Gasteiger partial charge in [-0.3, -0.25) is 0 Å². The van der Waals surface area contributed by atoms with Gasteiger partial charge in [0.15, 0.2) is 0 Å². The third-order valence-electron chi connectivity index (χ3n) is 3.41. The summed E-state index contributed by atoms with van der Waals surface area (Å²) in [6, 6.07) is 2.09. The Balaban J connectivity index is 2.27. The van der Waals surface area contributed by atoms with Crippen LogP contribution in [0.15, 0.2) is 10.5 Å². The molecule has 0 aliphatic rings. The van der Waals surface area contributed by atoms with Crippen molar-refractivity contribution < 1.29 is 9.15 Å². The number of hydrogen-bond donors (Lipinski definition) is 1. The van der Waals surface area contributed by atoms with E-state index in [1.807, 2.05) is 14.0 Å². The second-order valence-electron chi connectivity index (χ2n) is 5.30. The number of aryl methyl sites for hydroxylation is 1. The molecule has 0 fully saturated rings. The summed E-state index contributed by atoms with van der Waals surface area (Å²) in [5.41, 5.74) is 1.17. The highest BCUT2D eigenvalue weighted by molar-refractivity contribution is 5.19. The van der Waals surface area contributed by atoms with Crippen LogP contribution in [0.4, 0.5) is 0 Å². The van der Waals surface area contributed by atoms with Crippen LogP contribution in [0.3, 0.4) is 0 Å². The van der Waals surface area contributed by atoms with E-state index in [1.54, 1.807) is 0 Å². The van der Waals surface area contributed by atoms with Gasteiger partial charge >= 0.3 is 0 Å². The molecule has 0 saturated heterocycles. The molecule has 0 radical (unpaired) electrons. The third-order valence-corrected chi connectivity index (χ3v) is 3.41. The van der Waals surface area contributed by atoms with Crippen molar-refractivity contribution in [2.45, 2.75) is 72.1 Å². The molecule has 1 heterocycles. The van der Waals surface area contributed by atoms with Gasteiger partial charge in [-0.05, 0) is 33.4 Å². The van der Waals surface area contributed by atoms with E-state index in [0.717, 1.165) is 24.5 Å². The molecule has 110 valence electrons. The van der Waals surface area contributed by atoms with Crippen molar-refractivity contribution in [3.8, 4) is 0 Å². The van der Waals surface area contributed by atoms with Gasteiger partial charge in [-0.25, -0.2) is 0 Å². The van der Waals surface area contributed by atoms with Crippen molar-refractivity contribution in [2.24, 2.45) is 0 Å². The van der Waals surface area contributed by atoms with Crippen LogP contribution in [0, 0.1) is 6.92 Å². The summed E-state index contributed by atoms with van der Waals surface area (Å²) < 4.78 is 11.6. The molecule has 3 heteroatoms. The van der Waals surface area contributed by atoms with Crippen molar-refractivity contribution in [3.63, 3.8) is 0 Å². The number of furan rings is 1. The molecule has 0 aliphatic heterocycles. The first-order valence-corrected chi connectivity index (χ1v) is 7.51. The molecule has 1 rings (SSSR count). The van der Waals surface area contributed by atoms with E-state index in [9.17, 15) is 0 Å². The smallest absolute Gasteiger partial charge is 0.118 e. The van der Waals surface area contributed by atoms with Gasteiger partial charge in [0.05, 0.1) is 19.3 Å². The number of ether oxygens (including phenoxy) is 1. The minimum atomic E-state index is 0.332. The van der Waals surface area contributed by atoms with Gasteiger partial charge in [-0.1, -0.05) is 32.6 Å². The van der Waals surface area contributed by atoms with Gasteiger partial charge in [0.25, 0.3) is 0 Å². The predicted molar refractivity (Wildman–Crippen MR) is 79.2 cm³/mol. The van der Waals surface area contributed by atoms with Gasteiger partial charge in [0, 0.05) is 5.56 Å². The van der Waals surface area contributed by atoms with E-state index in [2.05, 4.69) is 25.2 Å². The van der Waals surface area contributed by atoms with Gasteiger partial charge in [-0.15, -0.1) is 0 Å². The van der Waals surface area contributed by atoms with Gasteiger partial charge < -0.3 is 14.5 Å². The van der Waals surface area contributed by atoms with Crippen molar-refractivity contribution in [3.05, 3.63) is 23.2 Å².